The standard InChI is InChI=1S/C47H94O9S12Si3/c1-10-48-69(49-11-2,50-12-3)47(37-41-26-29-44(47)34-41)66(31-30-38-22-20-19-21-23-38,63-68(60-58,46-36-40-25-28-43(46)33-40)65-71(54-16-7,55-17-8)56-18-9)61-62-67(59-57,45-35-39-24-27-42(45)32-39)64-70(51-13-4,52-14-5)53-15-6/h38-46,57-58H,10-37H2,1-9H3. The minimum Gasteiger partial charge on any atom is -0.373 e. The molecule has 0 saturated heterocycles. The largest absolute Gasteiger partial charge is 0.584 e. The van der Waals surface area contributed by atoms with E-state index in [1.54, 1.807) is 0 Å². The quantitative estimate of drug-likeness (QED) is 0.0354. The van der Waals surface area contributed by atoms with E-state index in [0.717, 1.165) is 24.0 Å². The minimum atomic E-state index is -3.52. The normalized spacial score (nSPS) is 33.8. The SMILES string of the molecule is CCO[Si](OCC)(OCC)SS(SS)(SSS(CCC1CCCCC1)(SS(SS)(S[Si](OCC)(OCC)OCC)C1CC2CCC1C2)C1([Si](OCC)(OCC)OCC)CC2CCC1C2)C1CC2CCC1C2. The van der Waals surface area contributed by atoms with Gasteiger partial charge in [0.1, 0.15) is 0 Å². The maximum atomic E-state index is 7.58. The fraction of sp³-hybridized carbons (Fsp3) is 1.00. The van der Waals surface area contributed by atoms with Crippen LogP contribution >= 0.6 is 115 Å². The Labute approximate surface area is 474 Å². The van der Waals surface area contributed by atoms with E-state index in [0.29, 0.717) is 99.6 Å². The maximum Gasteiger partial charge on any atom is 0.584 e. The van der Waals surface area contributed by atoms with Crippen molar-refractivity contribution >= 4 is 140 Å². The van der Waals surface area contributed by atoms with Crippen LogP contribution in [-0.2, 0) is 39.8 Å². The molecule has 0 aliphatic heterocycles. The van der Waals surface area contributed by atoms with Crippen molar-refractivity contribution in [3.63, 3.8) is 0 Å². The van der Waals surface area contributed by atoms with Crippen LogP contribution in [0.15, 0.2) is 0 Å². The highest BCUT2D eigenvalue weighted by atomic mass is 34.2. The molecule has 24 heteroatoms. The molecule has 420 valence electrons. The first-order valence-corrected chi connectivity index (χ1v) is 52.1. The van der Waals surface area contributed by atoms with Crippen molar-refractivity contribution in [2.75, 3.05) is 65.2 Å². The van der Waals surface area contributed by atoms with Gasteiger partial charge in [0.25, 0.3) is 0 Å². The smallest absolute Gasteiger partial charge is 0.373 e. The van der Waals surface area contributed by atoms with Crippen LogP contribution in [0, 0.1) is 41.4 Å². The van der Waals surface area contributed by atoms with Crippen LogP contribution in [0.5, 0.6) is 0 Å². The van der Waals surface area contributed by atoms with E-state index in [-0.39, 0.29) is 4.37 Å². The molecule has 7 aliphatic carbocycles. The van der Waals surface area contributed by atoms with Crippen molar-refractivity contribution in [1.82, 2.24) is 0 Å². The Morgan fingerprint density at radius 3 is 1.31 bits per heavy atom. The Kier molecular flexibility index (Phi) is 25.9. The van der Waals surface area contributed by atoms with Gasteiger partial charge in [-0.1, -0.05) is 88.9 Å². The highest BCUT2D eigenvalue weighted by Crippen LogP contribution is 3.04. The summed E-state index contributed by atoms with van der Waals surface area (Å²) in [6.45, 7) is 24.4. The number of hydrogen-bond donors (Lipinski definition) is 2. The van der Waals surface area contributed by atoms with Crippen molar-refractivity contribution < 1.29 is 39.8 Å². The lowest BCUT2D eigenvalue weighted by molar-refractivity contribution is 0.0495. The molecule has 0 aromatic rings. The number of thiol groups is 2. The van der Waals surface area contributed by atoms with Crippen molar-refractivity contribution in [2.45, 2.75) is 193 Å². The molecule has 6 bridgehead atoms. The molecule has 0 aromatic heterocycles. The fourth-order valence-corrected chi connectivity index (χ4v) is 121. The molecule has 7 aliphatic rings. The summed E-state index contributed by atoms with van der Waals surface area (Å²) in [6, 6.07) is 0. The Bertz CT molecular complexity index is 1580. The summed E-state index contributed by atoms with van der Waals surface area (Å²) in [5, 5.41) is 0.996. The summed E-state index contributed by atoms with van der Waals surface area (Å²) < 4.78 is 64.2. The molecule has 7 saturated carbocycles. The van der Waals surface area contributed by atoms with E-state index in [1.165, 1.54) is 109 Å². The third kappa shape index (κ3) is 13.6. The first-order valence-electron chi connectivity index (χ1n) is 27.8. The first-order chi connectivity index (χ1) is 34.4. The summed E-state index contributed by atoms with van der Waals surface area (Å²) in [6.07, 6.45) is 23.2. The molecule has 9 nitrogen and oxygen atoms in total. The maximum absolute atomic E-state index is 7.58. The van der Waals surface area contributed by atoms with Gasteiger partial charge in [-0.05, 0) is 243 Å². The van der Waals surface area contributed by atoms with Gasteiger partial charge in [-0.2, -0.15) is 0 Å². The molecule has 12 atom stereocenters. The van der Waals surface area contributed by atoms with Crippen molar-refractivity contribution in [3.8, 4) is 0 Å². The van der Waals surface area contributed by atoms with Gasteiger partial charge in [0.05, 0.1) is 4.37 Å². The Hall–Kier alpha value is 4.49. The van der Waals surface area contributed by atoms with Crippen LogP contribution in [0.2, 0.25) is 0 Å². The van der Waals surface area contributed by atoms with Gasteiger partial charge in [0.2, 0.25) is 0 Å². The van der Waals surface area contributed by atoms with E-state index in [1.807, 2.05) is 40.1 Å². The second-order valence-electron chi connectivity index (χ2n) is 20.5. The molecule has 7 fully saturated rings. The van der Waals surface area contributed by atoms with Crippen molar-refractivity contribution in [1.29, 1.82) is 0 Å². The average molecular weight is 1270 g/mol. The number of hydrogen-bond acceptors (Lipinski definition) is 18. The Balaban J connectivity index is 1.53. The van der Waals surface area contributed by atoms with E-state index >= 15 is 0 Å². The zero-order valence-electron chi connectivity index (χ0n) is 44.6. The molecule has 0 radical (unpaired) electrons. The summed E-state index contributed by atoms with van der Waals surface area (Å²) in [5.41, 5.74) is 0. The molecule has 0 heterocycles. The molecule has 0 N–H and O–H groups in total. The van der Waals surface area contributed by atoms with Gasteiger partial charge < -0.3 is 39.8 Å². The second-order valence-corrected chi connectivity index (χ2v) is 66.8. The van der Waals surface area contributed by atoms with Crippen LogP contribution in [0.1, 0.15) is 178 Å². The van der Waals surface area contributed by atoms with Gasteiger partial charge in [0, 0.05) is 70.0 Å². The highest BCUT2D eigenvalue weighted by Gasteiger charge is 2.78. The monoisotopic (exact) mass is 1270 g/mol. The summed E-state index contributed by atoms with van der Waals surface area (Å²) in [4.78, 5) is 0. The van der Waals surface area contributed by atoms with Crippen LogP contribution < -0.4 is 0 Å². The van der Waals surface area contributed by atoms with Crippen LogP contribution in [0.4, 0.5) is 0 Å². The van der Waals surface area contributed by atoms with Gasteiger partial charge >= 0.3 is 24.7 Å². The van der Waals surface area contributed by atoms with Gasteiger partial charge in [0.15, 0.2) is 0 Å². The number of fused-ring (bicyclic) bond motifs is 6. The molecule has 0 aromatic carbocycles. The predicted octanol–water partition coefficient (Wildman–Crippen LogP) is 18.0. The minimum absolute atomic E-state index is 0.297. The lowest BCUT2D eigenvalue weighted by atomic mass is 9.88. The molecule has 12 unspecified atom stereocenters. The van der Waals surface area contributed by atoms with Gasteiger partial charge in [-0.15, -0.1) is 8.09 Å². The molecule has 71 heavy (non-hydrogen) atoms. The molecule has 0 amide bonds. The van der Waals surface area contributed by atoms with Crippen molar-refractivity contribution in [3.05, 3.63) is 0 Å². The van der Waals surface area contributed by atoms with Crippen molar-refractivity contribution in [2.24, 2.45) is 41.4 Å². The molecular formula is C47H94O9S12Si3. The average Bonchev–Trinajstić information content (AvgIpc) is 4.26. The Morgan fingerprint density at radius 1 is 0.479 bits per heavy atom. The highest BCUT2D eigenvalue weighted by molar-refractivity contribution is 9.75. The lowest BCUT2D eigenvalue weighted by Gasteiger charge is -2.64. The van der Waals surface area contributed by atoms with E-state index < -0.39 is 47.1 Å². The Morgan fingerprint density at radius 2 is 0.930 bits per heavy atom. The topological polar surface area (TPSA) is 83.1 Å². The molecule has 7 rings (SSSR count). The predicted molar refractivity (Wildman–Crippen MR) is 338 cm³/mol. The lowest BCUT2D eigenvalue weighted by Crippen LogP contribution is -2.68. The third-order valence-electron chi connectivity index (χ3n) is 16.5. The molecular weight excluding hydrogens is 1180 g/mol. The zero-order chi connectivity index (χ0) is 50.8. The summed E-state index contributed by atoms with van der Waals surface area (Å²) in [5.74, 6) is 5.77. The molecule has 0 spiro atoms. The zero-order valence-corrected chi connectivity index (χ0v) is 57.6. The van der Waals surface area contributed by atoms with Gasteiger partial charge in [-0.3, -0.25) is 0 Å². The number of rotatable bonds is 36. The van der Waals surface area contributed by atoms with E-state index in [4.69, 9.17) is 63.2 Å². The van der Waals surface area contributed by atoms with Crippen LogP contribution in [-0.4, -0.2) is 105 Å². The third-order valence-corrected chi connectivity index (χ3v) is 93.6. The van der Waals surface area contributed by atoms with E-state index in [9.17, 15) is 0 Å². The van der Waals surface area contributed by atoms with E-state index in [2.05, 4.69) is 91.8 Å². The fourth-order valence-electron chi connectivity index (χ4n) is 13.9. The first kappa shape index (κ1) is 63.1. The summed E-state index contributed by atoms with van der Waals surface area (Å²) in [7, 11) is -0.853. The van der Waals surface area contributed by atoms with Crippen LogP contribution in [0.25, 0.3) is 0 Å². The van der Waals surface area contributed by atoms with Crippen LogP contribution in [0.3, 0.4) is 0 Å². The van der Waals surface area contributed by atoms with Gasteiger partial charge in [-0.25, -0.2) is 0 Å². The second kappa shape index (κ2) is 29.1. The summed E-state index contributed by atoms with van der Waals surface area (Å²) >= 11 is 11.2.